The van der Waals surface area contributed by atoms with E-state index in [1.165, 1.54) is 0 Å². The molecule has 1 aromatic rings. The van der Waals surface area contributed by atoms with E-state index in [9.17, 15) is 9.59 Å². The fourth-order valence-electron chi connectivity index (χ4n) is 2.22. The minimum absolute atomic E-state index is 0.121. The third-order valence-electron chi connectivity index (χ3n) is 3.20. The number of ether oxygens (including phenoxy) is 1. The van der Waals surface area contributed by atoms with Gasteiger partial charge in [-0.15, -0.1) is 0 Å². The van der Waals surface area contributed by atoms with Gasteiger partial charge in [0, 0.05) is 0 Å². The first-order valence-electron chi connectivity index (χ1n) is 6.30. The third-order valence-corrected chi connectivity index (χ3v) is 3.45. The Kier molecular flexibility index (Phi) is 4.93. The van der Waals surface area contributed by atoms with Crippen LogP contribution in [0.1, 0.15) is 18.4 Å². The second-order valence-corrected chi connectivity index (χ2v) is 4.95. The Morgan fingerprint density at radius 2 is 2.05 bits per heavy atom. The van der Waals surface area contributed by atoms with Crippen LogP contribution in [0.25, 0.3) is 0 Å². The molecule has 0 spiro atoms. The molecule has 1 saturated heterocycles. The van der Waals surface area contributed by atoms with Crippen molar-refractivity contribution in [3.05, 3.63) is 35.9 Å². The first kappa shape index (κ1) is 14.0. The molecule has 5 heteroatoms. The van der Waals surface area contributed by atoms with Crippen molar-refractivity contribution in [1.82, 2.24) is 4.90 Å². The van der Waals surface area contributed by atoms with Gasteiger partial charge in [0.05, 0.1) is 12.6 Å². The average molecular weight is 282 g/mol. The van der Waals surface area contributed by atoms with Crippen LogP contribution in [0.3, 0.4) is 0 Å². The number of hydrogen-bond donors (Lipinski definition) is 0. The van der Waals surface area contributed by atoms with Crippen molar-refractivity contribution in [1.29, 1.82) is 0 Å². The lowest BCUT2D eigenvalue weighted by molar-refractivity contribution is -0.146. The molecule has 0 aliphatic carbocycles. The summed E-state index contributed by atoms with van der Waals surface area (Å²) in [6, 6.07) is 9.15. The van der Waals surface area contributed by atoms with Gasteiger partial charge in [-0.25, -0.2) is 0 Å². The van der Waals surface area contributed by atoms with Crippen molar-refractivity contribution in [3.63, 3.8) is 0 Å². The maximum Gasteiger partial charge on any atom is 0.320 e. The average Bonchev–Trinajstić information content (AvgIpc) is 2.86. The Hall–Kier alpha value is -1.39. The molecule has 1 fully saturated rings. The molecule has 1 aliphatic rings. The summed E-state index contributed by atoms with van der Waals surface area (Å²) in [5.74, 6) is -0.325. The van der Waals surface area contributed by atoms with Gasteiger partial charge < -0.3 is 4.74 Å². The molecule has 0 aromatic heterocycles. The molecular weight excluding hydrogens is 266 g/mol. The van der Waals surface area contributed by atoms with Gasteiger partial charge >= 0.3 is 5.97 Å². The van der Waals surface area contributed by atoms with Crippen molar-refractivity contribution in [3.8, 4) is 0 Å². The maximum atomic E-state index is 11.7. The smallest absolute Gasteiger partial charge is 0.320 e. The van der Waals surface area contributed by atoms with Crippen LogP contribution in [0.5, 0.6) is 0 Å². The summed E-state index contributed by atoms with van der Waals surface area (Å²) in [5, 5.41) is -0.395. The molecule has 1 aromatic carbocycles. The number of carbonyl (C=O) groups excluding carboxylic acids is 2. The highest BCUT2D eigenvalue weighted by molar-refractivity contribution is 6.64. The zero-order valence-corrected chi connectivity index (χ0v) is 11.3. The van der Waals surface area contributed by atoms with E-state index in [-0.39, 0.29) is 25.2 Å². The van der Waals surface area contributed by atoms with Crippen molar-refractivity contribution in [2.45, 2.75) is 25.5 Å². The van der Waals surface area contributed by atoms with Crippen molar-refractivity contribution >= 4 is 22.8 Å². The lowest BCUT2D eigenvalue weighted by atomic mass is 10.2. The SMILES string of the molecule is O=C(CN1CCC[C@@H]1C(=O)Cl)OCc1ccccc1. The summed E-state index contributed by atoms with van der Waals surface area (Å²) in [7, 11) is 0. The number of halogens is 1. The molecule has 1 aliphatic heterocycles. The maximum absolute atomic E-state index is 11.7. The van der Waals surface area contributed by atoms with Gasteiger partial charge in [-0.3, -0.25) is 14.5 Å². The molecular formula is C14H16ClNO3. The summed E-state index contributed by atoms with van der Waals surface area (Å²) in [6.45, 7) is 1.09. The highest BCUT2D eigenvalue weighted by Crippen LogP contribution is 2.19. The third kappa shape index (κ3) is 4.04. The van der Waals surface area contributed by atoms with Gasteiger partial charge in [-0.05, 0) is 36.6 Å². The molecule has 19 heavy (non-hydrogen) atoms. The fourth-order valence-corrected chi connectivity index (χ4v) is 2.47. The minimum atomic E-state index is -0.395. The summed E-state index contributed by atoms with van der Waals surface area (Å²) in [6.07, 6.45) is 1.60. The van der Waals surface area contributed by atoms with Crippen molar-refractivity contribution in [2.75, 3.05) is 13.1 Å². The largest absolute Gasteiger partial charge is 0.460 e. The van der Waals surface area contributed by atoms with Gasteiger partial charge in [0.2, 0.25) is 5.24 Å². The highest BCUT2D eigenvalue weighted by atomic mass is 35.5. The number of rotatable bonds is 5. The lowest BCUT2D eigenvalue weighted by Crippen LogP contribution is -2.38. The fraction of sp³-hybridized carbons (Fsp3) is 0.429. The van der Waals surface area contributed by atoms with Gasteiger partial charge in [0.25, 0.3) is 0 Å². The Labute approximate surface area is 117 Å². The molecule has 0 amide bonds. The zero-order valence-electron chi connectivity index (χ0n) is 10.5. The van der Waals surface area contributed by atoms with Crippen LogP contribution < -0.4 is 0 Å². The second kappa shape index (κ2) is 6.68. The number of benzene rings is 1. The topological polar surface area (TPSA) is 46.6 Å². The van der Waals surface area contributed by atoms with Crippen molar-refractivity contribution < 1.29 is 14.3 Å². The molecule has 4 nitrogen and oxygen atoms in total. The summed E-state index contributed by atoms with van der Waals surface area (Å²) in [4.78, 5) is 24.7. The Balaban J connectivity index is 1.80. The first-order valence-corrected chi connectivity index (χ1v) is 6.67. The van der Waals surface area contributed by atoms with Gasteiger partial charge in [0.1, 0.15) is 6.61 Å². The zero-order chi connectivity index (χ0) is 13.7. The molecule has 0 N–H and O–H groups in total. The number of carbonyl (C=O) groups is 2. The van der Waals surface area contributed by atoms with Crippen molar-refractivity contribution in [2.24, 2.45) is 0 Å². The van der Waals surface area contributed by atoms with E-state index in [1.54, 1.807) is 4.90 Å². The van der Waals surface area contributed by atoms with Gasteiger partial charge in [-0.1, -0.05) is 30.3 Å². The normalized spacial score (nSPS) is 19.3. The first-order chi connectivity index (χ1) is 9.16. The van der Waals surface area contributed by atoms with Crippen LogP contribution in [0.15, 0.2) is 30.3 Å². The molecule has 2 rings (SSSR count). The number of hydrogen-bond acceptors (Lipinski definition) is 4. The monoisotopic (exact) mass is 281 g/mol. The molecule has 1 atom stereocenters. The van der Waals surface area contributed by atoms with Crippen LogP contribution in [0, 0.1) is 0 Å². The van der Waals surface area contributed by atoms with E-state index in [4.69, 9.17) is 16.3 Å². The number of esters is 1. The van der Waals surface area contributed by atoms with E-state index >= 15 is 0 Å². The predicted octanol–water partition coefficient (Wildman–Crippen LogP) is 1.96. The second-order valence-electron chi connectivity index (χ2n) is 4.58. The van der Waals surface area contributed by atoms with Crippen LogP contribution >= 0.6 is 11.6 Å². The van der Waals surface area contributed by atoms with Gasteiger partial charge in [-0.2, -0.15) is 0 Å². The number of likely N-dealkylation sites (tertiary alicyclic amines) is 1. The van der Waals surface area contributed by atoms with E-state index in [0.717, 1.165) is 12.0 Å². The summed E-state index contributed by atoms with van der Waals surface area (Å²) >= 11 is 5.50. The predicted molar refractivity (Wildman–Crippen MR) is 71.7 cm³/mol. The summed E-state index contributed by atoms with van der Waals surface area (Å²) < 4.78 is 5.18. The molecule has 0 saturated carbocycles. The van der Waals surface area contributed by atoms with Crippen LogP contribution in [0.4, 0.5) is 0 Å². The lowest BCUT2D eigenvalue weighted by Gasteiger charge is -2.19. The quantitative estimate of drug-likeness (QED) is 0.611. The highest BCUT2D eigenvalue weighted by Gasteiger charge is 2.31. The Bertz CT molecular complexity index is 449. The minimum Gasteiger partial charge on any atom is -0.460 e. The van der Waals surface area contributed by atoms with E-state index in [1.807, 2.05) is 30.3 Å². The van der Waals surface area contributed by atoms with E-state index in [0.29, 0.717) is 13.0 Å². The molecule has 102 valence electrons. The van der Waals surface area contributed by atoms with E-state index in [2.05, 4.69) is 0 Å². The summed E-state index contributed by atoms with van der Waals surface area (Å²) in [5.41, 5.74) is 0.947. The van der Waals surface area contributed by atoms with Crippen LogP contribution in [0.2, 0.25) is 0 Å². The van der Waals surface area contributed by atoms with Gasteiger partial charge in [0.15, 0.2) is 0 Å². The van der Waals surface area contributed by atoms with Crippen LogP contribution in [-0.2, 0) is 20.9 Å². The molecule has 0 bridgehead atoms. The Morgan fingerprint density at radius 3 is 2.74 bits per heavy atom. The molecule has 1 heterocycles. The van der Waals surface area contributed by atoms with Crippen LogP contribution in [-0.4, -0.2) is 35.2 Å². The Morgan fingerprint density at radius 1 is 1.32 bits per heavy atom. The van der Waals surface area contributed by atoms with E-state index < -0.39 is 5.24 Å². The molecule has 0 unspecified atom stereocenters. The molecule has 0 radical (unpaired) electrons. The standard InChI is InChI=1S/C14H16ClNO3/c15-14(18)12-7-4-8-16(12)9-13(17)19-10-11-5-2-1-3-6-11/h1-3,5-6,12H,4,7-10H2/t12-/m1/s1. The number of nitrogens with zero attached hydrogens (tertiary/aromatic N) is 1.